The molecule has 0 aliphatic carbocycles. The topological polar surface area (TPSA) is 21.3 Å². The Bertz CT molecular complexity index is 305. The number of ether oxygens (including phenoxy) is 1. The average Bonchev–Trinajstić information content (AvgIpc) is 2.23. The van der Waals surface area contributed by atoms with Crippen LogP contribution in [0.25, 0.3) is 0 Å². The molecule has 0 radical (unpaired) electrons. The Morgan fingerprint density at radius 3 is 2.73 bits per heavy atom. The highest BCUT2D eigenvalue weighted by atomic mass is 19.2. The first-order chi connectivity index (χ1) is 7.24. The van der Waals surface area contributed by atoms with Gasteiger partial charge in [0.25, 0.3) is 0 Å². The Labute approximate surface area is 88.3 Å². The molecular formula is C11H15F2NO. The van der Waals surface area contributed by atoms with Crippen LogP contribution >= 0.6 is 0 Å². The fraction of sp³-hybridized carbons (Fsp3) is 0.455. The van der Waals surface area contributed by atoms with E-state index in [1.165, 1.54) is 6.07 Å². The predicted octanol–water partition coefficient (Wildman–Crippen LogP) is 2.09. The lowest BCUT2D eigenvalue weighted by atomic mass is 10.2. The summed E-state index contributed by atoms with van der Waals surface area (Å²) in [6.07, 6.45) is 0. The van der Waals surface area contributed by atoms with Gasteiger partial charge >= 0.3 is 0 Å². The Morgan fingerprint density at radius 2 is 2.07 bits per heavy atom. The van der Waals surface area contributed by atoms with Gasteiger partial charge in [0.2, 0.25) is 0 Å². The van der Waals surface area contributed by atoms with E-state index in [-0.39, 0.29) is 0 Å². The number of likely N-dealkylation sites (N-methyl/N-ethyl adjacent to an activating group) is 1. The van der Waals surface area contributed by atoms with E-state index in [0.29, 0.717) is 18.8 Å². The largest absolute Gasteiger partial charge is 0.375 e. The lowest BCUT2D eigenvalue weighted by Gasteiger charge is -2.05. The van der Waals surface area contributed by atoms with Crippen molar-refractivity contribution in [1.82, 2.24) is 5.32 Å². The maximum absolute atomic E-state index is 12.8. The molecule has 84 valence electrons. The van der Waals surface area contributed by atoms with Crippen LogP contribution in [-0.4, -0.2) is 19.7 Å². The summed E-state index contributed by atoms with van der Waals surface area (Å²) in [5, 5.41) is 3.10. The summed E-state index contributed by atoms with van der Waals surface area (Å²) in [5.41, 5.74) is 0.644. The van der Waals surface area contributed by atoms with E-state index in [4.69, 9.17) is 4.74 Å². The van der Waals surface area contributed by atoms with Crippen molar-refractivity contribution in [3.8, 4) is 0 Å². The molecule has 15 heavy (non-hydrogen) atoms. The lowest BCUT2D eigenvalue weighted by molar-refractivity contribution is 0.123. The van der Waals surface area contributed by atoms with Crippen LogP contribution in [0.5, 0.6) is 0 Å². The molecule has 0 atom stereocenters. The van der Waals surface area contributed by atoms with Crippen molar-refractivity contribution in [2.24, 2.45) is 0 Å². The fourth-order valence-corrected chi connectivity index (χ4v) is 1.14. The summed E-state index contributed by atoms with van der Waals surface area (Å²) in [4.78, 5) is 0. The first-order valence-electron chi connectivity index (χ1n) is 4.96. The van der Waals surface area contributed by atoms with E-state index in [9.17, 15) is 8.78 Å². The standard InChI is InChI=1S/C11H15F2NO/c1-2-14-5-6-15-8-9-3-4-10(12)11(13)7-9/h3-4,7,14H,2,5-6,8H2,1H3. The molecule has 0 bridgehead atoms. The molecule has 1 N–H and O–H groups in total. The predicted molar refractivity (Wildman–Crippen MR) is 54.6 cm³/mol. The summed E-state index contributed by atoms with van der Waals surface area (Å²) in [5.74, 6) is -1.66. The SMILES string of the molecule is CCNCCOCc1ccc(F)c(F)c1. The maximum Gasteiger partial charge on any atom is 0.159 e. The summed E-state index contributed by atoms with van der Waals surface area (Å²) in [6.45, 7) is 4.54. The molecule has 0 spiro atoms. The lowest BCUT2D eigenvalue weighted by Crippen LogP contribution is -2.18. The number of nitrogens with one attached hydrogen (secondary N) is 1. The Balaban J connectivity index is 2.28. The molecule has 0 amide bonds. The van der Waals surface area contributed by atoms with Crippen molar-refractivity contribution in [2.75, 3.05) is 19.7 Å². The minimum atomic E-state index is -0.831. The molecule has 2 nitrogen and oxygen atoms in total. The maximum atomic E-state index is 12.8. The van der Waals surface area contributed by atoms with E-state index in [1.54, 1.807) is 0 Å². The highest BCUT2D eigenvalue weighted by Crippen LogP contribution is 2.09. The van der Waals surface area contributed by atoms with Crippen LogP contribution in [0.1, 0.15) is 12.5 Å². The zero-order valence-electron chi connectivity index (χ0n) is 8.72. The third-order valence-corrected chi connectivity index (χ3v) is 1.93. The second-order valence-corrected chi connectivity index (χ2v) is 3.15. The van der Waals surface area contributed by atoms with Crippen molar-refractivity contribution in [2.45, 2.75) is 13.5 Å². The molecule has 0 saturated heterocycles. The molecular weight excluding hydrogens is 200 g/mol. The highest BCUT2D eigenvalue weighted by molar-refractivity contribution is 5.16. The van der Waals surface area contributed by atoms with E-state index >= 15 is 0 Å². The minimum Gasteiger partial charge on any atom is -0.375 e. The zero-order valence-corrected chi connectivity index (χ0v) is 8.72. The van der Waals surface area contributed by atoms with Crippen LogP contribution < -0.4 is 5.32 Å². The first kappa shape index (κ1) is 12.1. The van der Waals surface area contributed by atoms with E-state index in [2.05, 4.69) is 5.32 Å². The van der Waals surface area contributed by atoms with Crippen molar-refractivity contribution < 1.29 is 13.5 Å². The number of halogens is 2. The molecule has 0 aliphatic heterocycles. The molecule has 1 rings (SSSR count). The van der Waals surface area contributed by atoms with Crippen molar-refractivity contribution in [3.63, 3.8) is 0 Å². The quantitative estimate of drug-likeness (QED) is 0.734. The smallest absolute Gasteiger partial charge is 0.159 e. The van der Waals surface area contributed by atoms with Crippen molar-refractivity contribution in [1.29, 1.82) is 0 Å². The van der Waals surface area contributed by atoms with Gasteiger partial charge in [-0.1, -0.05) is 13.0 Å². The second kappa shape index (κ2) is 6.48. The van der Waals surface area contributed by atoms with Crippen molar-refractivity contribution >= 4 is 0 Å². The van der Waals surface area contributed by atoms with E-state index < -0.39 is 11.6 Å². The number of hydrogen-bond acceptors (Lipinski definition) is 2. The van der Waals surface area contributed by atoms with Gasteiger partial charge in [-0.15, -0.1) is 0 Å². The van der Waals surface area contributed by atoms with Gasteiger partial charge in [0.15, 0.2) is 11.6 Å². The van der Waals surface area contributed by atoms with Gasteiger partial charge in [-0.2, -0.15) is 0 Å². The zero-order chi connectivity index (χ0) is 11.1. The average molecular weight is 215 g/mol. The molecule has 0 saturated carbocycles. The van der Waals surface area contributed by atoms with Gasteiger partial charge in [-0.3, -0.25) is 0 Å². The van der Waals surface area contributed by atoms with E-state index in [1.807, 2.05) is 6.92 Å². The van der Waals surface area contributed by atoms with Crippen LogP contribution in [0.3, 0.4) is 0 Å². The summed E-state index contributed by atoms with van der Waals surface area (Å²) < 4.78 is 30.6. The molecule has 0 aliphatic rings. The number of hydrogen-bond donors (Lipinski definition) is 1. The summed E-state index contributed by atoms with van der Waals surface area (Å²) in [6, 6.07) is 3.78. The van der Waals surface area contributed by atoms with Gasteiger partial charge in [0, 0.05) is 6.54 Å². The van der Waals surface area contributed by atoms with Gasteiger partial charge in [-0.25, -0.2) is 8.78 Å². The number of benzene rings is 1. The third-order valence-electron chi connectivity index (χ3n) is 1.93. The molecule has 0 unspecified atom stereocenters. The molecule has 0 fully saturated rings. The fourth-order valence-electron chi connectivity index (χ4n) is 1.14. The Kier molecular flexibility index (Phi) is 5.21. The highest BCUT2D eigenvalue weighted by Gasteiger charge is 2.01. The van der Waals surface area contributed by atoms with Crippen LogP contribution in [0.15, 0.2) is 18.2 Å². The molecule has 0 aromatic heterocycles. The second-order valence-electron chi connectivity index (χ2n) is 3.15. The minimum absolute atomic E-state index is 0.308. The first-order valence-corrected chi connectivity index (χ1v) is 4.96. The van der Waals surface area contributed by atoms with Crippen LogP contribution in [0.2, 0.25) is 0 Å². The molecule has 0 heterocycles. The van der Waals surface area contributed by atoms with Gasteiger partial charge in [-0.05, 0) is 24.2 Å². The van der Waals surface area contributed by atoms with Crippen LogP contribution in [0, 0.1) is 11.6 Å². The van der Waals surface area contributed by atoms with Crippen LogP contribution in [0.4, 0.5) is 8.78 Å². The monoisotopic (exact) mass is 215 g/mol. The Hall–Kier alpha value is -1.00. The number of rotatable bonds is 6. The van der Waals surface area contributed by atoms with Crippen LogP contribution in [-0.2, 0) is 11.3 Å². The van der Waals surface area contributed by atoms with Gasteiger partial charge in [0.05, 0.1) is 13.2 Å². The van der Waals surface area contributed by atoms with E-state index in [0.717, 1.165) is 25.2 Å². The van der Waals surface area contributed by atoms with Crippen molar-refractivity contribution in [3.05, 3.63) is 35.4 Å². The molecule has 1 aromatic carbocycles. The Morgan fingerprint density at radius 1 is 1.27 bits per heavy atom. The summed E-state index contributed by atoms with van der Waals surface area (Å²) >= 11 is 0. The normalized spacial score (nSPS) is 10.6. The van der Waals surface area contributed by atoms with Gasteiger partial charge < -0.3 is 10.1 Å². The molecule has 4 heteroatoms. The van der Waals surface area contributed by atoms with Gasteiger partial charge in [0.1, 0.15) is 0 Å². The summed E-state index contributed by atoms with van der Waals surface area (Å²) in [7, 11) is 0. The third kappa shape index (κ3) is 4.36. The molecule has 1 aromatic rings.